The maximum absolute atomic E-state index is 13.3. The summed E-state index contributed by atoms with van der Waals surface area (Å²) in [5.74, 6) is -1.53. The van der Waals surface area contributed by atoms with E-state index in [9.17, 15) is 13.6 Å². The van der Waals surface area contributed by atoms with Crippen molar-refractivity contribution >= 4 is 23.1 Å². The third-order valence-corrected chi connectivity index (χ3v) is 3.57. The highest BCUT2D eigenvalue weighted by molar-refractivity contribution is 6.03. The Bertz CT molecular complexity index is 978. The van der Waals surface area contributed by atoms with E-state index >= 15 is 0 Å². The number of hydrogen-bond donors (Lipinski definition) is 2. The van der Waals surface area contributed by atoms with Gasteiger partial charge in [-0.3, -0.25) is 4.79 Å². The van der Waals surface area contributed by atoms with Crippen LogP contribution >= 0.6 is 0 Å². The molecule has 0 spiro atoms. The molecular formula is C20H18F2N4O2. The third-order valence-electron chi connectivity index (χ3n) is 3.57. The zero-order valence-corrected chi connectivity index (χ0v) is 15.2. The summed E-state index contributed by atoms with van der Waals surface area (Å²) in [6.45, 7) is 3.78. The highest BCUT2D eigenvalue weighted by atomic mass is 19.2. The van der Waals surface area contributed by atoms with Crippen LogP contribution in [0.4, 0.5) is 26.0 Å². The van der Waals surface area contributed by atoms with Crippen LogP contribution in [0.25, 0.3) is 0 Å². The summed E-state index contributed by atoms with van der Waals surface area (Å²) >= 11 is 0. The Morgan fingerprint density at radius 2 is 1.82 bits per heavy atom. The molecule has 3 aromatic rings. The molecule has 2 aromatic carbocycles. The van der Waals surface area contributed by atoms with E-state index in [1.54, 1.807) is 18.2 Å². The molecule has 0 aliphatic carbocycles. The van der Waals surface area contributed by atoms with Gasteiger partial charge in [0.25, 0.3) is 5.91 Å². The standard InChI is InChI=1S/C20H18F2N4O2/c1-12(2)28-18-6-4-3-5-16(18)26-20(27)17-10-24-19(11-23-17)25-13-7-8-14(21)15(22)9-13/h3-12H,1-2H3,(H,24,25)(H,26,27). The summed E-state index contributed by atoms with van der Waals surface area (Å²) < 4.78 is 31.9. The van der Waals surface area contributed by atoms with Gasteiger partial charge in [-0.05, 0) is 38.1 Å². The largest absolute Gasteiger partial charge is 0.489 e. The SMILES string of the molecule is CC(C)Oc1ccccc1NC(=O)c1cnc(Nc2ccc(F)c(F)c2)cn1. The number of benzene rings is 2. The van der Waals surface area contributed by atoms with Crippen molar-refractivity contribution in [3.8, 4) is 5.75 Å². The molecule has 1 amide bonds. The molecule has 0 fully saturated rings. The maximum atomic E-state index is 13.3. The average molecular weight is 384 g/mol. The Morgan fingerprint density at radius 1 is 1.04 bits per heavy atom. The smallest absolute Gasteiger partial charge is 0.275 e. The summed E-state index contributed by atoms with van der Waals surface area (Å²) in [4.78, 5) is 20.6. The molecule has 0 atom stereocenters. The minimum atomic E-state index is -0.976. The summed E-state index contributed by atoms with van der Waals surface area (Å²) in [6.07, 6.45) is 2.57. The Labute approximate surface area is 160 Å². The third kappa shape index (κ3) is 4.79. The highest BCUT2D eigenvalue weighted by Gasteiger charge is 2.12. The fourth-order valence-corrected chi connectivity index (χ4v) is 2.34. The van der Waals surface area contributed by atoms with Gasteiger partial charge in [0.15, 0.2) is 11.6 Å². The molecule has 0 unspecified atom stereocenters. The number of rotatable bonds is 6. The summed E-state index contributed by atoms with van der Waals surface area (Å²) in [5.41, 5.74) is 0.923. The number of amides is 1. The second-order valence-electron chi connectivity index (χ2n) is 6.16. The van der Waals surface area contributed by atoms with Crippen molar-refractivity contribution in [1.29, 1.82) is 0 Å². The van der Waals surface area contributed by atoms with E-state index < -0.39 is 17.5 Å². The maximum Gasteiger partial charge on any atom is 0.275 e. The molecule has 0 saturated carbocycles. The van der Waals surface area contributed by atoms with E-state index in [2.05, 4.69) is 20.6 Å². The van der Waals surface area contributed by atoms with E-state index in [1.165, 1.54) is 18.5 Å². The number of anilines is 3. The van der Waals surface area contributed by atoms with Crippen LogP contribution in [-0.2, 0) is 0 Å². The molecule has 28 heavy (non-hydrogen) atoms. The molecule has 0 saturated heterocycles. The number of ether oxygens (including phenoxy) is 1. The van der Waals surface area contributed by atoms with Gasteiger partial charge in [0.05, 0.1) is 24.2 Å². The van der Waals surface area contributed by atoms with Gasteiger partial charge in [-0.2, -0.15) is 0 Å². The molecule has 0 aliphatic heterocycles. The van der Waals surface area contributed by atoms with Gasteiger partial charge in [-0.25, -0.2) is 18.7 Å². The van der Waals surface area contributed by atoms with Crippen LogP contribution in [0.15, 0.2) is 54.9 Å². The van der Waals surface area contributed by atoms with Gasteiger partial charge in [0.2, 0.25) is 0 Å². The number of hydrogen-bond acceptors (Lipinski definition) is 5. The average Bonchev–Trinajstić information content (AvgIpc) is 2.66. The van der Waals surface area contributed by atoms with Crippen molar-refractivity contribution in [2.75, 3.05) is 10.6 Å². The predicted octanol–water partition coefficient (Wildman–Crippen LogP) is 4.54. The van der Waals surface area contributed by atoms with Crippen molar-refractivity contribution < 1.29 is 18.3 Å². The predicted molar refractivity (Wildman–Crippen MR) is 102 cm³/mol. The lowest BCUT2D eigenvalue weighted by molar-refractivity contribution is 0.102. The minimum Gasteiger partial charge on any atom is -0.489 e. The van der Waals surface area contributed by atoms with Gasteiger partial charge >= 0.3 is 0 Å². The number of nitrogens with zero attached hydrogens (tertiary/aromatic N) is 2. The van der Waals surface area contributed by atoms with Crippen molar-refractivity contribution in [1.82, 2.24) is 9.97 Å². The van der Waals surface area contributed by atoms with E-state index in [0.717, 1.165) is 12.1 Å². The summed E-state index contributed by atoms with van der Waals surface area (Å²) in [6, 6.07) is 10.5. The Kier molecular flexibility index (Phi) is 5.78. The number of halogens is 2. The minimum absolute atomic E-state index is 0.0421. The van der Waals surface area contributed by atoms with Crippen LogP contribution in [0.3, 0.4) is 0 Å². The van der Waals surface area contributed by atoms with E-state index in [0.29, 0.717) is 17.1 Å². The molecule has 0 radical (unpaired) electrons. The molecule has 0 bridgehead atoms. The van der Waals surface area contributed by atoms with E-state index in [1.807, 2.05) is 19.9 Å². The lowest BCUT2D eigenvalue weighted by Crippen LogP contribution is -2.16. The number of para-hydroxylation sites is 2. The number of carbonyl (C=O) groups is 1. The molecule has 0 aliphatic rings. The molecular weight excluding hydrogens is 366 g/mol. The first kappa shape index (κ1) is 19.2. The van der Waals surface area contributed by atoms with E-state index in [4.69, 9.17) is 4.74 Å². The molecule has 6 nitrogen and oxygen atoms in total. The van der Waals surface area contributed by atoms with Crippen LogP contribution < -0.4 is 15.4 Å². The topological polar surface area (TPSA) is 76.1 Å². The van der Waals surface area contributed by atoms with Gasteiger partial charge < -0.3 is 15.4 Å². The van der Waals surface area contributed by atoms with Crippen molar-refractivity contribution in [2.45, 2.75) is 20.0 Å². The van der Waals surface area contributed by atoms with Crippen LogP contribution in [0, 0.1) is 11.6 Å². The summed E-state index contributed by atoms with van der Waals surface area (Å²) in [7, 11) is 0. The Balaban J connectivity index is 1.69. The quantitative estimate of drug-likeness (QED) is 0.653. The zero-order chi connectivity index (χ0) is 20.1. The van der Waals surface area contributed by atoms with Crippen molar-refractivity contribution in [3.05, 3.63) is 72.2 Å². The first-order valence-electron chi connectivity index (χ1n) is 8.53. The van der Waals surface area contributed by atoms with E-state index in [-0.39, 0.29) is 17.6 Å². The number of nitrogens with one attached hydrogen (secondary N) is 2. The van der Waals surface area contributed by atoms with Gasteiger partial charge in [-0.15, -0.1) is 0 Å². The van der Waals surface area contributed by atoms with Gasteiger partial charge in [0, 0.05) is 11.8 Å². The molecule has 2 N–H and O–H groups in total. The fourth-order valence-electron chi connectivity index (χ4n) is 2.34. The first-order valence-corrected chi connectivity index (χ1v) is 8.53. The molecule has 1 aromatic heterocycles. The number of carbonyl (C=O) groups excluding carboxylic acids is 1. The molecule has 8 heteroatoms. The lowest BCUT2D eigenvalue weighted by atomic mass is 10.2. The monoisotopic (exact) mass is 384 g/mol. The zero-order valence-electron chi connectivity index (χ0n) is 15.2. The molecule has 3 rings (SSSR count). The van der Waals surface area contributed by atoms with Crippen LogP contribution in [-0.4, -0.2) is 22.0 Å². The van der Waals surface area contributed by atoms with Gasteiger partial charge in [0.1, 0.15) is 17.3 Å². The van der Waals surface area contributed by atoms with Crippen LogP contribution in [0.2, 0.25) is 0 Å². The Morgan fingerprint density at radius 3 is 2.50 bits per heavy atom. The van der Waals surface area contributed by atoms with Crippen molar-refractivity contribution in [3.63, 3.8) is 0 Å². The van der Waals surface area contributed by atoms with Gasteiger partial charge in [-0.1, -0.05) is 12.1 Å². The fraction of sp³-hybridized carbons (Fsp3) is 0.150. The Hall–Kier alpha value is -3.55. The number of aromatic nitrogens is 2. The second-order valence-corrected chi connectivity index (χ2v) is 6.16. The van der Waals surface area contributed by atoms with Crippen LogP contribution in [0.1, 0.15) is 24.3 Å². The first-order chi connectivity index (χ1) is 13.4. The molecule has 144 valence electrons. The summed E-state index contributed by atoms with van der Waals surface area (Å²) in [5, 5.41) is 5.52. The second kappa shape index (κ2) is 8.43. The lowest BCUT2D eigenvalue weighted by Gasteiger charge is -2.14. The molecule has 1 heterocycles. The van der Waals surface area contributed by atoms with Crippen molar-refractivity contribution in [2.24, 2.45) is 0 Å². The highest BCUT2D eigenvalue weighted by Crippen LogP contribution is 2.25. The normalized spacial score (nSPS) is 10.6. The van der Waals surface area contributed by atoms with Crippen LogP contribution in [0.5, 0.6) is 5.75 Å².